The zero-order valence-electron chi connectivity index (χ0n) is 10.4. The molecule has 0 atom stereocenters. The lowest BCUT2D eigenvalue weighted by Crippen LogP contribution is -1.72. The number of rotatable bonds is 0. The Morgan fingerprint density at radius 1 is 0.611 bits per heavy atom. The molecule has 3 heterocycles. The summed E-state index contributed by atoms with van der Waals surface area (Å²) < 4.78 is 7.42. The normalized spacial score (nSPS) is 23.7. The van der Waals surface area contributed by atoms with Crippen molar-refractivity contribution >= 4 is 70.6 Å². The van der Waals surface area contributed by atoms with E-state index < -0.39 is 0 Å². The fourth-order valence-corrected chi connectivity index (χ4v) is 10.5. The van der Waals surface area contributed by atoms with Crippen molar-refractivity contribution in [3.8, 4) is 0 Å². The maximum absolute atomic E-state index is 2.22. The summed E-state index contributed by atoms with van der Waals surface area (Å²) in [5, 5.41) is 0. The summed E-state index contributed by atoms with van der Waals surface area (Å²) in [5.41, 5.74) is 1.44. The van der Waals surface area contributed by atoms with Gasteiger partial charge in [-0.2, -0.15) is 0 Å². The van der Waals surface area contributed by atoms with Crippen LogP contribution >= 0.6 is 70.6 Å². The molecule has 0 unspecified atom stereocenters. The maximum atomic E-state index is 2.22. The van der Waals surface area contributed by atoms with Crippen LogP contribution in [-0.2, 0) is 0 Å². The molecule has 0 nitrogen and oxygen atoms in total. The molecule has 0 aliphatic carbocycles. The van der Waals surface area contributed by atoms with E-state index in [1.807, 2.05) is 70.6 Å². The largest absolute Gasteiger partial charge is 0.0849 e. The first-order valence-electron chi connectivity index (χ1n) is 5.45. The average molecular weight is 349 g/mol. The van der Waals surface area contributed by atoms with Crippen molar-refractivity contribution in [1.29, 1.82) is 0 Å². The van der Waals surface area contributed by atoms with Crippen LogP contribution in [0.4, 0.5) is 0 Å². The second kappa shape index (κ2) is 5.45. The van der Waals surface area contributed by atoms with Gasteiger partial charge in [-0.1, -0.05) is 76.1 Å². The molecule has 0 spiro atoms. The van der Waals surface area contributed by atoms with Crippen LogP contribution in [-0.4, -0.2) is 0 Å². The maximum Gasteiger partial charge on any atom is 0.0717 e. The van der Waals surface area contributed by atoms with Gasteiger partial charge in [0.2, 0.25) is 0 Å². The molecule has 96 valence electrons. The van der Waals surface area contributed by atoms with E-state index in [9.17, 15) is 0 Å². The third-order valence-corrected chi connectivity index (χ3v) is 11.7. The van der Waals surface area contributed by atoms with Crippen LogP contribution in [0.25, 0.3) is 0 Å². The summed E-state index contributed by atoms with van der Waals surface area (Å²) in [6.07, 6.45) is 0. The minimum Gasteiger partial charge on any atom is -0.0849 e. The lowest BCUT2D eigenvalue weighted by atomic mass is 10.4. The molecule has 0 aromatic rings. The molecule has 0 N–H and O–H groups in total. The van der Waals surface area contributed by atoms with E-state index in [0.717, 1.165) is 0 Å². The highest BCUT2D eigenvalue weighted by Crippen LogP contribution is 2.69. The van der Waals surface area contributed by atoms with E-state index in [4.69, 9.17) is 0 Å². The van der Waals surface area contributed by atoms with Crippen LogP contribution in [0.3, 0.4) is 0 Å². The molecule has 0 aromatic heterocycles. The molecule has 3 aliphatic rings. The van der Waals surface area contributed by atoms with Gasteiger partial charge in [-0.25, -0.2) is 0 Å². The lowest BCUT2D eigenvalue weighted by Gasteiger charge is -2.06. The minimum absolute atomic E-state index is 1.44. The third kappa shape index (κ3) is 2.61. The van der Waals surface area contributed by atoms with Crippen molar-refractivity contribution in [3.63, 3.8) is 0 Å². The Hall–Kier alpha value is 1.06. The fraction of sp³-hybridized carbons (Fsp3) is 0.333. The first-order valence-corrected chi connectivity index (χ1v) is 10.3. The highest BCUT2D eigenvalue weighted by Gasteiger charge is 2.33. The van der Waals surface area contributed by atoms with Gasteiger partial charge in [-0.05, 0) is 37.5 Å². The van der Waals surface area contributed by atoms with Gasteiger partial charge in [0.05, 0.1) is 16.9 Å². The van der Waals surface area contributed by atoms with E-state index in [0.29, 0.717) is 0 Å². The van der Waals surface area contributed by atoms with Crippen LogP contribution in [0.2, 0.25) is 0 Å². The van der Waals surface area contributed by atoms with Crippen LogP contribution in [0.1, 0.15) is 27.7 Å². The van der Waals surface area contributed by atoms with Gasteiger partial charge in [0, 0.05) is 4.24 Å². The Morgan fingerprint density at radius 2 is 1.00 bits per heavy atom. The molecule has 0 saturated heterocycles. The van der Waals surface area contributed by atoms with Crippen LogP contribution < -0.4 is 0 Å². The Morgan fingerprint density at radius 3 is 1.44 bits per heavy atom. The van der Waals surface area contributed by atoms with Crippen molar-refractivity contribution in [3.05, 3.63) is 36.6 Å². The van der Waals surface area contributed by atoms with E-state index in [2.05, 4.69) is 27.7 Å². The summed E-state index contributed by atoms with van der Waals surface area (Å²) in [7, 11) is 0. The first kappa shape index (κ1) is 14.0. The van der Waals surface area contributed by atoms with Gasteiger partial charge < -0.3 is 0 Å². The molecule has 3 rings (SSSR count). The summed E-state index contributed by atoms with van der Waals surface area (Å²) in [6.45, 7) is 8.84. The fourth-order valence-electron chi connectivity index (χ4n) is 1.40. The number of hydrogen-bond acceptors (Lipinski definition) is 6. The van der Waals surface area contributed by atoms with E-state index in [1.54, 1.807) is 0 Å². The van der Waals surface area contributed by atoms with E-state index >= 15 is 0 Å². The van der Waals surface area contributed by atoms with Gasteiger partial charge in [0.15, 0.2) is 0 Å². The summed E-state index contributed by atoms with van der Waals surface area (Å²) >= 11 is 11.7. The van der Waals surface area contributed by atoms with Crippen molar-refractivity contribution in [2.45, 2.75) is 27.7 Å². The molecule has 0 bridgehead atoms. The third-order valence-electron chi connectivity index (χ3n) is 2.47. The van der Waals surface area contributed by atoms with Gasteiger partial charge in [0.1, 0.15) is 0 Å². The molecule has 6 heteroatoms. The average Bonchev–Trinajstić information content (AvgIpc) is 2.91. The van der Waals surface area contributed by atoms with Gasteiger partial charge in [-0.15, -0.1) is 0 Å². The molecule has 18 heavy (non-hydrogen) atoms. The molecular formula is C12H12S6. The SMILES string of the molecule is CC(C)=C1SC2=C(S1)SC(=C1SC(C)=C(C)S1)S2. The predicted molar refractivity (Wildman–Crippen MR) is 96.3 cm³/mol. The zero-order chi connectivity index (χ0) is 12.9. The molecule has 0 amide bonds. The standard InChI is InChI=1S/C12H12S6/c1-5(2)8-15-11-12(16-8)18-10(17-11)9-13-6(3)7(4)14-9/h1-4H3. The number of allylic oxidation sites excluding steroid dienone is 3. The zero-order valence-corrected chi connectivity index (χ0v) is 15.3. The highest BCUT2D eigenvalue weighted by atomic mass is 32.3. The summed E-state index contributed by atoms with van der Waals surface area (Å²) in [5.74, 6) is 0. The molecule has 3 aliphatic heterocycles. The lowest BCUT2D eigenvalue weighted by molar-refractivity contribution is 1.41. The molecular weight excluding hydrogens is 337 g/mol. The summed E-state index contributed by atoms with van der Waals surface area (Å²) in [6, 6.07) is 0. The molecule has 0 fully saturated rings. The number of hydrogen-bond donors (Lipinski definition) is 0. The topological polar surface area (TPSA) is 0 Å². The second-order valence-corrected chi connectivity index (χ2v) is 12.0. The smallest absolute Gasteiger partial charge is 0.0717 e. The van der Waals surface area contributed by atoms with Crippen LogP contribution in [0.5, 0.6) is 0 Å². The van der Waals surface area contributed by atoms with Crippen LogP contribution in [0, 0.1) is 0 Å². The van der Waals surface area contributed by atoms with Crippen molar-refractivity contribution in [2.75, 3.05) is 0 Å². The van der Waals surface area contributed by atoms with Crippen molar-refractivity contribution in [2.24, 2.45) is 0 Å². The van der Waals surface area contributed by atoms with Gasteiger partial charge >= 0.3 is 0 Å². The molecule has 0 radical (unpaired) electrons. The minimum atomic E-state index is 1.44. The highest BCUT2D eigenvalue weighted by molar-refractivity contribution is 8.49. The van der Waals surface area contributed by atoms with E-state index in [1.165, 1.54) is 36.6 Å². The van der Waals surface area contributed by atoms with Crippen molar-refractivity contribution in [1.82, 2.24) is 0 Å². The first-order chi connectivity index (χ1) is 8.54. The second-order valence-electron chi connectivity index (χ2n) is 4.16. The summed E-state index contributed by atoms with van der Waals surface area (Å²) in [4.78, 5) is 2.92. The Balaban J connectivity index is 1.75. The molecule has 0 saturated carbocycles. The van der Waals surface area contributed by atoms with Crippen molar-refractivity contribution < 1.29 is 0 Å². The molecule has 0 aromatic carbocycles. The number of thioether (sulfide) groups is 6. The Labute approximate surface area is 134 Å². The monoisotopic (exact) mass is 348 g/mol. The Kier molecular flexibility index (Phi) is 4.24. The van der Waals surface area contributed by atoms with Crippen LogP contribution in [0.15, 0.2) is 36.6 Å². The quantitative estimate of drug-likeness (QED) is 0.451. The van der Waals surface area contributed by atoms with E-state index in [-0.39, 0.29) is 0 Å². The van der Waals surface area contributed by atoms with Gasteiger partial charge in [-0.3, -0.25) is 0 Å². The van der Waals surface area contributed by atoms with Gasteiger partial charge in [0.25, 0.3) is 0 Å². The Bertz CT molecular complexity index is 507. The predicted octanol–water partition coefficient (Wildman–Crippen LogP) is 7.18.